The van der Waals surface area contributed by atoms with Crippen LogP contribution in [0.15, 0.2) is 82.8 Å². The number of carbonyl (C=O) groups excluding carboxylic acids is 1. The summed E-state index contributed by atoms with van der Waals surface area (Å²) in [7, 11) is -4.07. The van der Waals surface area contributed by atoms with Crippen molar-refractivity contribution >= 4 is 27.8 Å². The second-order valence-electron chi connectivity index (χ2n) is 7.92. The number of rotatable bonds is 8. The fraction of sp³-hybridized carbons (Fsp3) is 0.200. The second-order valence-corrected chi connectivity index (χ2v) is 9.78. The molecule has 33 heavy (non-hydrogen) atoms. The topological polar surface area (TPSA) is 78.8 Å². The maximum atomic E-state index is 13.4. The Labute approximate surface area is 193 Å². The van der Waals surface area contributed by atoms with Crippen LogP contribution in [0.5, 0.6) is 0 Å². The molecule has 8 heteroatoms. The maximum Gasteiger partial charge on any atom is 0.264 e. The average Bonchev–Trinajstić information content (AvgIpc) is 2.79. The summed E-state index contributed by atoms with van der Waals surface area (Å²) in [6.07, 6.45) is 1.48. The summed E-state index contributed by atoms with van der Waals surface area (Å²) >= 11 is 0. The molecule has 0 fully saturated rings. The predicted molar refractivity (Wildman–Crippen MR) is 128 cm³/mol. The molecule has 0 radical (unpaired) electrons. The molecule has 0 aliphatic rings. The third-order valence-electron chi connectivity index (χ3n) is 5.02. The highest BCUT2D eigenvalue weighted by Crippen LogP contribution is 2.24. The van der Waals surface area contributed by atoms with E-state index in [9.17, 15) is 17.6 Å². The number of sulfonamides is 1. The van der Waals surface area contributed by atoms with Crippen molar-refractivity contribution in [2.75, 3.05) is 10.8 Å². The van der Waals surface area contributed by atoms with Crippen LogP contribution >= 0.6 is 0 Å². The van der Waals surface area contributed by atoms with Gasteiger partial charge in [-0.3, -0.25) is 9.10 Å². The van der Waals surface area contributed by atoms with E-state index >= 15 is 0 Å². The van der Waals surface area contributed by atoms with Crippen LogP contribution in [0.4, 0.5) is 10.1 Å². The summed E-state index contributed by atoms with van der Waals surface area (Å²) in [5, 5.41) is 3.94. The summed E-state index contributed by atoms with van der Waals surface area (Å²) in [6, 6.07) is 18.9. The van der Waals surface area contributed by atoms with Crippen molar-refractivity contribution in [3.8, 4) is 0 Å². The van der Waals surface area contributed by atoms with Gasteiger partial charge >= 0.3 is 0 Å². The number of aryl methyl sites for hydroxylation is 1. The van der Waals surface area contributed by atoms with Gasteiger partial charge in [0, 0.05) is 0 Å². The summed E-state index contributed by atoms with van der Waals surface area (Å²) in [5.74, 6) is -0.738. The van der Waals surface area contributed by atoms with Gasteiger partial charge in [-0.1, -0.05) is 55.8 Å². The van der Waals surface area contributed by atoms with E-state index in [2.05, 4.69) is 24.4 Å². The van der Waals surface area contributed by atoms with Crippen molar-refractivity contribution in [3.63, 3.8) is 0 Å². The molecule has 0 aromatic heterocycles. The zero-order chi connectivity index (χ0) is 24.0. The molecule has 0 saturated heterocycles. The number of nitrogens with zero attached hydrogens (tertiary/aromatic N) is 2. The highest BCUT2D eigenvalue weighted by atomic mass is 32.2. The first kappa shape index (κ1) is 24.1. The first-order valence-corrected chi connectivity index (χ1v) is 11.9. The molecule has 0 heterocycles. The first-order chi connectivity index (χ1) is 15.7. The van der Waals surface area contributed by atoms with Gasteiger partial charge in [-0.15, -0.1) is 0 Å². The van der Waals surface area contributed by atoms with E-state index < -0.39 is 28.3 Å². The minimum Gasteiger partial charge on any atom is -0.271 e. The van der Waals surface area contributed by atoms with Gasteiger partial charge < -0.3 is 0 Å². The van der Waals surface area contributed by atoms with Crippen molar-refractivity contribution in [2.24, 2.45) is 5.10 Å². The van der Waals surface area contributed by atoms with Gasteiger partial charge in [-0.2, -0.15) is 5.10 Å². The third-order valence-corrected chi connectivity index (χ3v) is 6.80. The number of anilines is 1. The Balaban J connectivity index is 1.79. The molecule has 3 aromatic carbocycles. The largest absolute Gasteiger partial charge is 0.271 e. The third kappa shape index (κ3) is 6.26. The van der Waals surface area contributed by atoms with E-state index in [1.165, 1.54) is 36.0 Å². The standard InChI is InChI=1S/C25H26FN3O3S/c1-18(2)21-8-6-20(7-9-21)16-27-28-25(30)17-29(23-12-10-22(26)11-13-23)33(31,32)24-14-4-19(3)5-15-24/h4-16,18H,17H2,1-3H3,(H,28,30)/b27-16-. The van der Waals surface area contributed by atoms with E-state index in [0.717, 1.165) is 27.6 Å². The lowest BCUT2D eigenvalue weighted by molar-refractivity contribution is -0.119. The molecule has 0 saturated carbocycles. The molecule has 0 spiro atoms. The van der Waals surface area contributed by atoms with Crippen LogP contribution in [-0.2, 0) is 14.8 Å². The van der Waals surface area contributed by atoms with Gasteiger partial charge in [0.15, 0.2) is 0 Å². The molecule has 6 nitrogen and oxygen atoms in total. The Morgan fingerprint density at radius 2 is 1.61 bits per heavy atom. The zero-order valence-electron chi connectivity index (χ0n) is 18.7. The predicted octanol–water partition coefficient (Wildman–Crippen LogP) is 4.60. The molecule has 1 N–H and O–H groups in total. The number of hydrogen-bond donors (Lipinski definition) is 1. The van der Waals surface area contributed by atoms with E-state index in [1.54, 1.807) is 12.1 Å². The van der Waals surface area contributed by atoms with Gasteiger partial charge in [0.2, 0.25) is 0 Å². The molecule has 0 aliphatic carbocycles. The van der Waals surface area contributed by atoms with Crippen LogP contribution in [0.25, 0.3) is 0 Å². The number of nitrogens with one attached hydrogen (secondary N) is 1. The lowest BCUT2D eigenvalue weighted by atomic mass is 10.0. The summed E-state index contributed by atoms with van der Waals surface area (Å²) < 4.78 is 40.9. The van der Waals surface area contributed by atoms with Crippen LogP contribution in [0.3, 0.4) is 0 Å². The fourth-order valence-electron chi connectivity index (χ4n) is 3.07. The van der Waals surface area contributed by atoms with Crippen LogP contribution in [0.2, 0.25) is 0 Å². The SMILES string of the molecule is Cc1ccc(S(=O)(=O)N(CC(=O)N/N=C\c2ccc(C(C)C)cc2)c2ccc(F)cc2)cc1. The van der Waals surface area contributed by atoms with Crippen LogP contribution < -0.4 is 9.73 Å². The monoisotopic (exact) mass is 467 g/mol. The minimum atomic E-state index is -4.07. The summed E-state index contributed by atoms with van der Waals surface area (Å²) in [4.78, 5) is 12.6. The lowest BCUT2D eigenvalue weighted by Crippen LogP contribution is -2.39. The normalized spacial score (nSPS) is 11.7. The minimum absolute atomic E-state index is 0.0268. The molecule has 1 amide bonds. The molecule has 172 valence electrons. The van der Waals surface area contributed by atoms with Gasteiger partial charge in [-0.25, -0.2) is 18.2 Å². The number of amides is 1. The molecular weight excluding hydrogens is 441 g/mol. The first-order valence-electron chi connectivity index (χ1n) is 10.4. The van der Waals surface area contributed by atoms with E-state index in [4.69, 9.17) is 0 Å². The Hall–Kier alpha value is -3.52. The van der Waals surface area contributed by atoms with E-state index in [0.29, 0.717) is 5.92 Å². The molecule has 0 unspecified atom stereocenters. The molecule has 0 atom stereocenters. The van der Waals surface area contributed by atoms with Crippen molar-refractivity contribution in [3.05, 3.63) is 95.3 Å². The summed E-state index contributed by atoms with van der Waals surface area (Å²) in [5.41, 5.74) is 5.41. The van der Waals surface area contributed by atoms with Crippen molar-refractivity contribution in [2.45, 2.75) is 31.6 Å². The number of hydrogen-bond acceptors (Lipinski definition) is 4. The quantitative estimate of drug-likeness (QED) is 0.388. The Bertz CT molecular complexity index is 1220. The van der Waals surface area contributed by atoms with E-state index in [1.807, 2.05) is 31.2 Å². The van der Waals surface area contributed by atoms with Crippen molar-refractivity contribution in [1.29, 1.82) is 0 Å². The average molecular weight is 468 g/mol. The number of carbonyl (C=O) groups is 1. The number of halogens is 1. The Morgan fingerprint density at radius 1 is 1.00 bits per heavy atom. The fourth-order valence-corrected chi connectivity index (χ4v) is 4.49. The van der Waals surface area contributed by atoms with Gasteiger partial charge in [-0.05, 0) is 60.4 Å². The molecular formula is C25H26FN3O3S. The maximum absolute atomic E-state index is 13.4. The van der Waals surface area contributed by atoms with Crippen molar-refractivity contribution in [1.82, 2.24) is 5.43 Å². The van der Waals surface area contributed by atoms with Gasteiger partial charge in [0.25, 0.3) is 15.9 Å². The molecule has 3 aromatic rings. The highest BCUT2D eigenvalue weighted by Gasteiger charge is 2.27. The number of hydrazone groups is 1. The Morgan fingerprint density at radius 3 is 2.18 bits per heavy atom. The lowest BCUT2D eigenvalue weighted by Gasteiger charge is -2.23. The smallest absolute Gasteiger partial charge is 0.264 e. The molecule has 0 bridgehead atoms. The highest BCUT2D eigenvalue weighted by molar-refractivity contribution is 7.92. The van der Waals surface area contributed by atoms with Gasteiger partial charge in [0.05, 0.1) is 16.8 Å². The van der Waals surface area contributed by atoms with Crippen LogP contribution in [0.1, 0.15) is 36.5 Å². The Kier molecular flexibility index (Phi) is 7.60. The second kappa shape index (κ2) is 10.4. The summed E-state index contributed by atoms with van der Waals surface area (Å²) in [6.45, 7) is 5.52. The number of benzene rings is 3. The van der Waals surface area contributed by atoms with Crippen LogP contribution in [0, 0.1) is 12.7 Å². The van der Waals surface area contributed by atoms with E-state index in [-0.39, 0.29) is 10.6 Å². The molecule has 3 rings (SSSR count). The van der Waals surface area contributed by atoms with Gasteiger partial charge in [0.1, 0.15) is 12.4 Å². The molecule has 0 aliphatic heterocycles. The van der Waals surface area contributed by atoms with Crippen LogP contribution in [-0.4, -0.2) is 27.1 Å². The zero-order valence-corrected chi connectivity index (χ0v) is 19.5. The van der Waals surface area contributed by atoms with Crippen molar-refractivity contribution < 1.29 is 17.6 Å².